The molecule has 9 heteroatoms. The molecule has 0 saturated carbocycles. The van der Waals surface area contributed by atoms with Gasteiger partial charge in [0.2, 0.25) is 21.8 Å². The van der Waals surface area contributed by atoms with E-state index in [1.54, 1.807) is 58.3 Å². The molecule has 1 N–H and O–H groups in total. The van der Waals surface area contributed by atoms with Crippen LogP contribution in [0.1, 0.15) is 24.8 Å². The fourth-order valence-corrected chi connectivity index (χ4v) is 5.70. The number of nitrogens with zero attached hydrogens (tertiary/aromatic N) is 2. The van der Waals surface area contributed by atoms with Gasteiger partial charge in [0.15, 0.2) is 0 Å². The molecule has 2 aromatic carbocycles. The van der Waals surface area contributed by atoms with Crippen LogP contribution < -0.4 is 9.62 Å². The predicted molar refractivity (Wildman–Crippen MR) is 128 cm³/mol. The van der Waals surface area contributed by atoms with Crippen LogP contribution in [0.3, 0.4) is 0 Å². The van der Waals surface area contributed by atoms with E-state index >= 15 is 0 Å². The van der Waals surface area contributed by atoms with Crippen molar-refractivity contribution in [2.75, 3.05) is 31.1 Å². The number of carbonyl (C=O) groups is 2. The van der Waals surface area contributed by atoms with Gasteiger partial charge in [-0.2, -0.15) is 0 Å². The molecule has 2 aliphatic heterocycles. The van der Waals surface area contributed by atoms with E-state index in [0.29, 0.717) is 24.7 Å². The number of piperidine rings is 1. The molecule has 0 aliphatic carbocycles. The Bertz CT molecular complexity index is 1120. The van der Waals surface area contributed by atoms with Gasteiger partial charge in [0.25, 0.3) is 0 Å². The third-order valence-electron chi connectivity index (χ3n) is 6.34. The average Bonchev–Trinajstić information content (AvgIpc) is 3.20. The molecule has 2 fully saturated rings. The van der Waals surface area contributed by atoms with Gasteiger partial charge in [-0.15, -0.1) is 0 Å². The first-order valence-corrected chi connectivity index (χ1v) is 13.0. The number of sulfonamides is 1. The summed E-state index contributed by atoms with van der Waals surface area (Å²) in [4.78, 5) is 29.4. The second kappa shape index (κ2) is 9.83. The number of halogens is 1. The number of anilines is 1. The van der Waals surface area contributed by atoms with Crippen molar-refractivity contribution in [3.05, 3.63) is 59.1 Å². The van der Waals surface area contributed by atoms with E-state index in [1.165, 1.54) is 0 Å². The molecule has 2 unspecified atom stereocenters. The van der Waals surface area contributed by atoms with Gasteiger partial charge in [-0.1, -0.05) is 29.3 Å². The normalized spacial score (nSPS) is 21.5. The van der Waals surface area contributed by atoms with Crippen molar-refractivity contribution in [1.82, 2.24) is 9.62 Å². The first-order valence-electron chi connectivity index (χ1n) is 11.1. The van der Waals surface area contributed by atoms with Crippen LogP contribution in [0.2, 0.25) is 5.02 Å². The Hall–Kier alpha value is -2.42. The number of rotatable bonds is 6. The van der Waals surface area contributed by atoms with Crippen molar-refractivity contribution < 1.29 is 18.0 Å². The zero-order chi connectivity index (χ0) is 23.6. The topological polar surface area (TPSA) is 86.8 Å². The Kier molecular flexibility index (Phi) is 7.07. The zero-order valence-electron chi connectivity index (χ0n) is 18.5. The van der Waals surface area contributed by atoms with Gasteiger partial charge in [-0.3, -0.25) is 9.59 Å². The van der Waals surface area contributed by atoms with Gasteiger partial charge in [0.05, 0.1) is 10.8 Å². The highest BCUT2D eigenvalue weighted by atomic mass is 35.5. The lowest BCUT2D eigenvalue weighted by Crippen LogP contribution is -2.46. The molecule has 0 radical (unpaired) electrons. The third kappa shape index (κ3) is 5.57. The first kappa shape index (κ1) is 23.7. The number of aryl methyl sites for hydroxylation is 1. The summed E-state index contributed by atoms with van der Waals surface area (Å²) in [6.07, 6.45) is 1.84. The van der Waals surface area contributed by atoms with Crippen molar-refractivity contribution in [3.63, 3.8) is 0 Å². The van der Waals surface area contributed by atoms with Crippen molar-refractivity contribution in [3.8, 4) is 0 Å². The molecule has 2 aliphatic rings. The number of nitrogens with one attached hydrogen (secondary N) is 1. The van der Waals surface area contributed by atoms with Crippen molar-refractivity contribution in [2.45, 2.75) is 31.1 Å². The Labute approximate surface area is 199 Å². The van der Waals surface area contributed by atoms with E-state index in [4.69, 9.17) is 11.6 Å². The van der Waals surface area contributed by atoms with Gasteiger partial charge >= 0.3 is 0 Å². The summed E-state index contributed by atoms with van der Waals surface area (Å²) in [6, 6.07) is 13.8. The van der Waals surface area contributed by atoms with Gasteiger partial charge in [-0.25, -0.2) is 13.1 Å². The maximum Gasteiger partial charge on any atom is 0.240 e. The smallest absolute Gasteiger partial charge is 0.240 e. The first-order chi connectivity index (χ1) is 15.7. The molecule has 2 atom stereocenters. The molecule has 33 heavy (non-hydrogen) atoms. The molecule has 176 valence electrons. The minimum absolute atomic E-state index is 0.0346. The average molecular weight is 490 g/mol. The van der Waals surface area contributed by atoms with Crippen LogP contribution in [0.5, 0.6) is 0 Å². The fourth-order valence-electron chi connectivity index (χ4n) is 4.46. The number of amides is 2. The lowest BCUT2D eigenvalue weighted by atomic mass is 9.96. The van der Waals surface area contributed by atoms with Crippen LogP contribution in [0, 0.1) is 18.8 Å². The van der Waals surface area contributed by atoms with Crippen LogP contribution in [0.25, 0.3) is 0 Å². The lowest BCUT2D eigenvalue weighted by Gasteiger charge is -2.34. The summed E-state index contributed by atoms with van der Waals surface area (Å²) in [5.41, 5.74) is 1.73. The quantitative estimate of drug-likeness (QED) is 0.675. The number of hydrogen-bond donors (Lipinski definition) is 1. The van der Waals surface area contributed by atoms with E-state index in [0.717, 1.165) is 24.1 Å². The van der Waals surface area contributed by atoms with Crippen molar-refractivity contribution in [1.29, 1.82) is 0 Å². The van der Waals surface area contributed by atoms with E-state index in [1.807, 2.05) is 6.92 Å². The predicted octanol–water partition coefficient (Wildman–Crippen LogP) is 3.22. The summed E-state index contributed by atoms with van der Waals surface area (Å²) in [5.74, 6) is -0.468. The molecular weight excluding hydrogens is 462 g/mol. The van der Waals surface area contributed by atoms with Gasteiger partial charge in [0.1, 0.15) is 0 Å². The van der Waals surface area contributed by atoms with Crippen molar-refractivity contribution >= 4 is 39.1 Å². The monoisotopic (exact) mass is 489 g/mol. The highest BCUT2D eigenvalue weighted by Gasteiger charge is 2.38. The maximum absolute atomic E-state index is 13.2. The molecule has 4 rings (SSSR count). The SMILES string of the molecule is Cc1ccc(S(=O)(=O)NCC2CCCN(C(=O)C3CC(=O)N(c4ccc(Cl)cc4)C3)C2)cc1. The standard InChI is InChI=1S/C24H28ClN3O4S/c1-17-4-10-22(11-5-17)33(31,32)26-14-18-3-2-12-27(15-18)24(30)19-13-23(29)28(16-19)21-8-6-20(25)7-9-21/h4-11,18-19,26H,2-3,12-16H2,1H3. The molecule has 2 saturated heterocycles. The Morgan fingerprint density at radius 2 is 1.79 bits per heavy atom. The second-order valence-corrected chi connectivity index (χ2v) is 11.0. The Morgan fingerprint density at radius 3 is 2.48 bits per heavy atom. The van der Waals surface area contributed by atoms with E-state index in [2.05, 4.69) is 4.72 Å². The fraction of sp³-hybridized carbons (Fsp3) is 0.417. The van der Waals surface area contributed by atoms with Crippen LogP contribution in [-0.2, 0) is 19.6 Å². The number of benzene rings is 2. The summed E-state index contributed by atoms with van der Waals surface area (Å²) in [7, 11) is -3.59. The molecule has 0 aromatic heterocycles. The minimum Gasteiger partial charge on any atom is -0.342 e. The molecule has 0 spiro atoms. The summed E-state index contributed by atoms with van der Waals surface area (Å²) in [6.45, 7) is 3.65. The Morgan fingerprint density at radius 1 is 1.09 bits per heavy atom. The molecule has 0 bridgehead atoms. The van der Waals surface area contributed by atoms with E-state index < -0.39 is 15.9 Å². The van der Waals surface area contributed by atoms with Gasteiger partial charge < -0.3 is 9.80 Å². The van der Waals surface area contributed by atoms with Crippen LogP contribution in [0.4, 0.5) is 5.69 Å². The number of carbonyl (C=O) groups excluding carboxylic acids is 2. The minimum atomic E-state index is -3.59. The summed E-state index contributed by atoms with van der Waals surface area (Å²) >= 11 is 5.94. The van der Waals surface area contributed by atoms with Crippen LogP contribution in [-0.4, -0.2) is 51.3 Å². The Balaban J connectivity index is 1.34. The lowest BCUT2D eigenvalue weighted by molar-refractivity contribution is -0.137. The molecule has 2 amide bonds. The van der Waals surface area contributed by atoms with Crippen molar-refractivity contribution in [2.24, 2.45) is 11.8 Å². The largest absolute Gasteiger partial charge is 0.342 e. The number of likely N-dealkylation sites (tertiary alicyclic amines) is 1. The highest BCUT2D eigenvalue weighted by Crippen LogP contribution is 2.29. The van der Waals surface area contributed by atoms with Crippen LogP contribution in [0.15, 0.2) is 53.4 Å². The van der Waals surface area contributed by atoms with Gasteiger partial charge in [0, 0.05) is 43.3 Å². The van der Waals surface area contributed by atoms with Crippen LogP contribution >= 0.6 is 11.6 Å². The molecule has 7 nitrogen and oxygen atoms in total. The summed E-state index contributed by atoms with van der Waals surface area (Å²) < 4.78 is 27.9. The molecule has 2 aromatic rings. The van der Waals surface area contributed by atoms with Gasteiger partial charge in [-0.05, 0) is 62.1 Å². The number of hydrogen-bond acceptors (Lipinski definition) is 4. The second-order valence-electron chi connectivity index (χ2n) is 8.84. The van der Waals surface area contributed by atoms with E-state index in [-0.39, 0.29) is 35.6 Å². The zero-order valence-corrected chi connectivity index (χ0v) is 20.1. The highest BCUT2D eigenvalue weighted by molar-refractivity contribution is 7.89. The summed E-state index contributed by atoms with van der Waals surface area (Å²) in [5, 5.41) is 0.593. The maximum atomic E-state index is 13.2. The molecule has 2 heterocycles. The van der Waals surface area contributed by atoms with E-state index in [9.17, 15) is 18.0 Å². The third-order valence-corrected chi connectivity index (χ3v) is 8.03. The molecular formula is C24H28ClN3O4S.